The predicted octanol–water partition coefficient (Wildman–Crippen LogP) is 4.88. The molecule has 0 bridgehead atoms. The van der Waals surface area contributed by atoms with Crippen LogP contribution >= 0.6 is 23.2 Å². The van der Waals surface area contributed by atoms with Crippen LogP contribution in [0.3, 0.4) is 0 Å². The maximum absolute atomic E-state index is 6.33. The van der Waals surface area contributed by atoms with Crippen LogP contribution in [0.1, 0.15) is 45.1 Å². The highest BCUT2D eigenvalue weighted by Gasteiger charge is 2.48. The monoisotopic (exact) mass is 285 g/mol. The fourth-order valence-corrected chi connectivity index (χ4v) is 3.35. The summed E-state index contributed by atoms with van der Waals surface area (Å²) in [5, 5.41) is 5.01. The quantitative estimate of drug-likeness (QED) is 0.832. The zero-order chi connectivity index (χ0) is 13.3. The summed E-state index contributed by atoms with van der Waals surface area (Å²) in [6.45, 7) is 7.91. The molecule has 1 saturated carbocycles. The van der Waals surface area contributed by atoms with Crippen LogP contribution < -0.4 is 5.32 Å². The van der Waals surface area contributed by atoms with Gasteiger partial charge in [0.1, 0.15) is 0 Å². The van der Waals surface area contributed by atoms with E-state index < -0.39 is 0 Å². The Hall–Kier alpha value is -0.240. The zero-order valence-corrected chi connectivity index (χ0v) is 12.8. The maximum Gasteiger partial charge on any atom is 0.0627 e. The average molecular weight is 286 g/mol. The Morgan fingerprint density at radius 2 is 2.06 bits per heavy atom. The van der Waals surface area contributed by atoms with Crippen molar-refractivity contribution in [2.24, 2.45) is 5.41 Å². The van der Waals surface area contributed by atoms with Gasteiger partial charge in [0.25, 0.3) is 0 Å². The minimum absolute atomic E-state index is 0.240. The third-order valence-electron chi connectivity index (χ3n) is 4.27. The van der Waals surface area contributed by atoms with E-state index in [-0.39, 0.29) is 5.41 Å². The van der Waals surface area contributed by atoms with Crippen molar-refractivity contribution in [3.63, 3.8) is 0 Å². The summed E-state index contributed by atoms with van der Waals surface area (Å²) < 4.78 is 0. The molecule has 1 fully saturated rings. The molecule has 1 aliphatic rings. The Morgan fingerprint density at radius 3 is 2.67 bits per heavy atom. The molecule has 0 amide bonds. The van der Waals surface area contributed by atoms with Crippen LogP contribution in [0.25, 0.3) is 0 Å². The van der Waals surface area contributed by atoms with Crippen molar-refractivity contribution in [1.82, 2.24) is 5.32 Å². The number of hydrogen-bond acceptors (Lipinski definition) is 1. The SMILES string of the molecule is CCCNC1CC(c2cccc(Cl)c2Cl)C1(C)C. The largest absolute Gasteiger partial charge is 0.313 e. The van der Waals surface area contributed by atoms with E-state index >= 15 is 0 Å². The van der Waals surface area contributed by atoms with Gasteiger partial charge in [0.2, 0.25) is 0 Å². The number of hydrogen-bond donors (Lipinski definition) is 1. The van der Waals surface area contributed by atoms with Crippen LogP contribution in [0, 0.1) is 5.41 Å². The van der Waals surface area contributed by atoms with Crippen molar-refractivity contribution in [1.29, 1.82) is 0 Å². The van der Waals surface area contributed by atoms with Gasteiger partial charge in [0.05, 0.1) is 10.0 Å². The lowest BCUT2D eigenvalue weighted by Crippen LogP contribution is -2.55. The lowest BCUT2D eigenvalue weighted by Gasteiger charge is -2.53. The minimum atomic E-state index is 0.240. The third kappa shape index (κ3) is 2.41. The molecule has 0 heterocycles. The van der Waals surface area contributed by atoms with Gasteiger partial charge in [-0.2, -0.15) is 0 Å². The van der Waals surface area contributed by atoms with Gasteiger partial charge >= 0.3 is 0 Å². The van der Waals surface area contributed by atoms with Crippen molar-refractivity contribution in [2.45, 2.75) is 45.6 Å². The Labute approximate surface area is 120 Å². The van der Waals surface area contributed by atoms with Gasteiger partial charge in [0.15, 0.2) is 0 Å². The summed E-state index contributed by atoms with van der Waals surface area (Å²) in [7, 11) is 0. The first-order chi connectivity index (χ1) is 8.48. The van der Waals surface area contributed by atoms with Crippen molar-refractivity contribution < 1.29 is 0 Å². The smallest absolute Gasteiger partial charge is 0.0627 e. The number of halogens is 2. The molecule has 2 unspecified atom stereocenters. The summed E-state index contributed by atoms with van der Waals surface area (Å²) in [5.41, 5.74) is 1.44. The van der Waals surface area contributed by atoms with Gasteiger partial charge in [-0.25, -0.2) is 0 Å². The first-order valence-electron chi connectivity index (χ1n) is 6.65. The Kier molecular flexibility index (Phi) is 4.25. The summed E-state index contributed by atoms with van der Waals surface area (Å²) >= 11 is 12.4. The summed E-state index contributed by atoms with van der Waals surface area (Å²) in [5.74, 6) is 0.498. The minimum Gasteiger partial charge on any atom is -0.313 e. The molecular formula is C15H21Cl2N. The van der Waals surface area contributed by atoms with E-state index in [0.29, 0.717) is 17.0 Å². The van der Waals surface area contributed by atoms with Gasteiger partial charge in [-0.3, -0.25) is 0 Å². The molecule has 0 aromatic heterocycles. The molecular weight excluding hydrogens is 265 g/mol. The van der Waals surface area contributed by atoms with Crippen LogP contribution in [-0.4, -0.2) is 12.6 Å². The molecule has 0 spiro atoms. The summed E-state index contributed by atoms with van der Waals surface area (Å²) in [4.78, 5) is 0. The van der Waals surface area contributed by atoms with Gasteiger partial charge < -0.3 is 5.32 Å². The third-order valence-corrected chi connectivity index (χ3v) is 5.10. The van der Waals surface area contributed by atoms with Crippen molar-refractivity contribution in [3.8, 4) is 0 Å². The normalized spacial score (nSPS) is 25.8. The molecule has 3 heteroatoms. The van der Waals surface area contributed by atoms with E-state index in [2.05, 4.69) is 32.2 Å². The lowest BCUT2D eigenvalue weighted by molar-refractivity contribution is 0.0695. The maximum atomic E-state index is 6.33. The van der Waals surface area contributed by atoms with Crippen molar-refractivity contribution in [3.05, 3.63) is 33.8 Å². The highest BCUT2D eigenvalue weighted by atomic mass is 35.5. The van der Waals surface area contributed by atoms with Crippen molar-refractivity contribution in [2.75, 3.05) is 6.54 Å². The molecule has 0 aliphatic heterocycles. The lowest BCUT2D eigenvalue weighted by atomic mass is 9.56. The topological polar surface area (TPSA) is 12.0 Å². The fourth-order valence-electron chi connectivity index (χ4n) is 2.91. The standard InChI is InChI=1S/C15H21Cl2N/c1-4-8-18-13-9-11(15(13,2)3)10-6-5-7-12(16)14(10)17/h5-7,11,13,18H,4,8-9H2,1-3H3. The molecule has 1 aliphatic carbocycles. The molecule has 0 saturated heterocycles. The van der Waals surface area contributed by atoms with Crippen LogP contribution in [0.5, 0.6) is 0 Å². The average Bonchev–Trinajstić information content (AvgIpc) is 2.33. The molecule has 1 aromatic carbocycles. The highest BCUT2D eigenvalue weighted by Crippen LogP contribution is 2.54. The van der Waals surface area contributed by atoms with Crippen LogP contribution in [0.2, 0.25) is 10.0 Å². The molecule has 18 heavy (non-hydrogen) atoms. The molecule has 1 aromatic rings. The van der Waals surface area contributed by atoms with Gasteiger partial charge in [0, 0.05) is 6.04 Å². The molecule has 0 radical (unpaired) electrons. The van der Waals surface area contributed by atoms with Crippen LogP contribution in [0.15, 0.2) is 18.2 Å². The van der Waals surface area contributed by atoms with Gasteiger partial charge in [-0.05, 0) is 42.3 Å². The Bertz CT molecular complexity index is 429. The highest BCUT2D eigenvalue weighted by molar-refractivity contribution is 6.42. The molecule has 1 N–H and O–H groups in total. The molecule has 2 rings (SSSR count). The molecule has 1 nitrogen and oxygen atoms in total. The summed E-state index contributed by atoms with van der Waals surface area (Å²) in [6.07, 6.45) is 2.32. The van der Waals surface area contributed by atoms with E-state index in [4.69, 9.17) is 23.2 Å². The Morgan fingerprint density at radius 1 is 1.33 bits per heavy atom. The van der Waals surface area contributed by atoms with Gasteiger partial charge in [-0.15, -0.1) is 0 Å². The van der Waals surface area contributed by atoms with Crippen molar-refractivity contribution >= 4 is 23.2 Å². The zero-order valence-electron chi connectivity index (χ0n) is 11.3. The van der Waals surface area contributed by atoms with E-state index in [9.17, 15) is 0 Å². The Balaban J connectivity index is 2.15. The van der Waals surface area contributed by atoms with Crippen LogP contribution in [-0.2, 0) is 0 Å². The van der Waals surface area contributed by atoms with E-state index in [0.717, 1.165) is 18.0 Å². The van der Waals surface area contributed by atoms with Gasteiger partial charge in [-0.1, -0.05) is 56.1 Å². The first kappa shape index (κ1) is 14.2. The molecule has 100 valence electrons. The molecule has 2 atom stereocenters. The first-order valence-corrected chi connectivity index (χ1v) is 7.41. The second-order valence-corrected chi connectivity index (χ2v) is 6.54. The predicted molar refractivity (Wildman–Crippen MR) is 79.7 cm³/mol. The van der Waals surface area contributed by atoms with E-state index in [1.807, 2.05) is 12.1 Å². The second kappa shape index (κ2) is 5.40. The van der Waals surface area contributed by atoms with Crippen LogP contribution in [0.4, 0.5) is 0 Å². The van der Waals surface area contributed by atoms with E-state index in [1.54, 1.807) is 0 Å². The van der Waals surface area contributed by atoms with E-state index in [1.165, 1.54) is 12.0 Å². The summed E-state index contributed by atoms with van der Waals surface area (Å²) in [6, 6.07) is 6.53. The second-order valence-electron chi connectivity index (χ2n) is 5.76. The number of rotatable bonds is 4. The fraction of sp³-hybridized carbons (Fsp3) is 0.600. The number of nitrogens with one attached hydrogen (secondary N) is 1. The number of benzene rings is 1.